The second-order valence-corrected chi connectivity index (χ2v) is 5.27. The van der Waals surface area contributed by atoms with Crippen molar-refractivity contribution in [1.82, 2.24) is 10.2 Å². The van der Waals surface area contributed by atoms with Gasteiger partial charge in [0.15, 0.2) is 0 Å². The quantitative estimate of drug-likeness (QED) is 0.771. The first-order valence-electron chi connectivity index (χ1n) is 6.26. The van der Waals surface area contributed by atoms with Crippen LogP contribution in [0.1, 0.15) is 33.6 Å². The molecule has 1 saturated heterocycles. The van der Waals surface area contributed by atoms with Gasteiger partial charge < -0.3 is 16.0 Å². The van der Waals surface area contributed by atoms with Gasteiger partial charge in [0, 0.05) is 13.1 Å². The summed E-state index contributed by atoms with van der Waals surface area (Å²) in [6.07, 6.45) is 2.19. The molecule has 1 heterocycles. The molecule has 17 heavy (non-hydrogen) atoms. The summed E-state index contributed by atoms with van der Waals surface area (Å²) in [5.41, 5.74) is 5.27. The average molecular weight is 241 g/mol. The van der Waals surface area contributed by atoms with Gasteiger partial charge in [-0.15, -0.1) is 0 Å². The monoisotopic (exact) mass is 241 g/mol. The van der Waals surface area contributed by atoms with Crippen molar-refractivity contribution in [3.8, 4) is 0 Å². The minimum absolute atomic E-state index is 0.0127. The lowest BCUT2D eigenvalue weighted by Gasteiger charge is -2.32. The van der Waals surface area contributed by atoms with Crippen LogP contribution in [0.4, 0.5) is 4.79 Å². The molecule has 3 amide bonds. The molecule has 0 bridgehead atoms. The van der Waals surface area contributed by atoms with E-state index in [4.69, 9.17) is 5.73 Å². The molecule has 1 aliphatic rings. The summed E-state index contributed by atoms with van der Waals surface area (Å²) in [4.78, 5) is 25.0. The molecule has 0 aromatic rings. The Morgan fingerprint density at radius 1 is 1.41 bits per heavy atom. The molecule has 0 aromatic heterocycles. The van der Waals surface area contributed by atoms with Crippen LogP contribution < -0.4 is 11.1 Å². The van der Waals surface area contributed by atoms with Gasteiger partial charge >= 0.3 is 6.03 Å². The van der Waals surface area contributed by atoms with Crippen molar-refractivity contribution in [2.24, 2.45) is 17.6 Å². The van der Waals surface area contributed by atoms with Crippen LogP contribution in [0.2, 0.25) is 0 Å². The van der Waals surface area contributed by atoms with E-state index in [-0.39, 0.29) is 11.9 Å². The maximum Gasteiger partial charge on any atom is 0.318 e. The first-order valence-corrected chi connectivity index (χ1v) is 6.26. The van der Waals surface area contributed by atoms with Crippen molar-refractivity contribution in [3.05, 3.63) is 0 Å². The highest BCUT2D eigenvalue weighted by atomic mass is 16.2. The van der Waals surface area contributed by atoms with Gasteiger partial charge in [0.2, 0.25) is 5.91 Å². The molecule has 0 aromatic carbocycles. The van der Waals surface area contributed by atoms with E-state index in [0.717, 1.165) is 25.9 Å². The number of carbonyl (C=O) groups is 2. The van der Waals surface area contributed by atoms with Crippen LogP contribution in [-0.4, -0.2) is 36.0 Å². The van der Waals surface area contributed by atoms with Gasteiger partial charge in [0.05, 0.1) is 0 Å². The third-order valence-electron chi connectivity index (χ3n) is 3.20. The van der Waals surface area contributed by atoms with Crippen molar-refractivity contribution in [3.63, 3.8) is 0 Å². The van der Waals surface area contributed by atoms with Gasteiger partial charge in [0.1, 0.15) is 6.04 Å². The number of hydrogen-bond donors (Lipinski definition) is 2. The number of primary amides is 1. The normalized spacial score (nSPS) is 22.4. The lowest BCUT2D eigenvalue weighted by atomic mass is 10.0. The number of nitrogens with one attached hydrogen (secondary N) is 1. The second-order valence-electron chi connectivity index (χ2n) is 5.27. The van der Waals surface area contributed by atoms with Crippen LogP contribution >= 0.6 is 0 Å². The molecule has 0 spiro atoms. The number of hydrogen-bond acceptors (Lipinski definition) is 2. The van der Waals surface area contributed by atoms with Gasteiger partial charge in [-0.05, 0) is 24.7 Å². The first-order chi connectivity index (χ1) is 7.91. The number of likely N-dealkylation sites (tertiary alicyclic amines) is 1. The zero-order valence-corrected chi connectivity index (χ0v) is 10.9. The smallest absolute Gasteiger partial charge is 0.318 e. The number of piperidine rings is 1. The summed E-state index contributed by atoms with van der Waals surface area (Å²) in [6, 6.07) is -0.756. The fraction of sp³-hybridized carbons (Fsp3) is 0.833. The molecule has 0 saturated carbocycles. The molecule has 2 unspecified atom stereocenters. The summed E-state index contributed by atoms with van der Waals surface area (Å²) in [6.45, 7) is 7.39. The van der Waals surface area contributed by atoms with Gasteiger partial charge in [-0.25, -0.2) is 4.79 Å². The Hall–Kier alpha value is -1.26. The average Bonchev–Trinajstić information content (AvgIpc) is 2.24. The number of carbonyl (C=O) groups excluding carboxylic acids is 2. The van der Waals surface area contributed by atoms with E-state index in [0.29, 0.717) is 5.92 Å². The van der Waals surface area contributed by atoms with E-state index in [2.05, 4.69) is 12.2 Å². The lowest BCUT2D eigenvalue weighted by molar-refractivity contribution is -0.120. The summed E-state index contributed by atoms with van der Waals surface area (Å²) in [5, 5.41) is 2.72. The molecular formula is C12H23N3O2. The van der Waals surface area contributed by atoms with Gasteiger partial charge in [-0.3, -0.25) is 4.79 Å². The van der Waals surface area contributed by atoms with Crippen LogP contribution in [0.15, 0.2) is 0 Å². The zero-order valence-electron chi connectivity index (χ0n) is 10.9. The molecule has 0 aliphatic carbocycles. The van der Waals surface area contributed by atoms with E-state index in [1.807, 2.05) is 13.8 Å². The van der Waals surface area contributed by atoms with Crippen LogP contribution in [0.25, 0.3) is 0 Å². The third-order valence-corrected chi connectivity index (χ3v) is 3.20. The van der Waals surface area contributed by atoms with Crippen LogP contribution in [0.3, 0.4) is 0 Å². The summed E-state index contributed by atoms with van der Waals surface area (Å²) >= 11 is 0. The summed E-state index contributed by atoms with van der Waals surface area (Å²) < 4.78 is 0. The molecule has 2 atom stereocenters. The van der Waals surface area contributed by atoms with Crippen LogP contribution in [-0.2, 0) is 4.79 Å². The van der Waals surface area contributed by atoms with Crippen molar-refractivity contribution < 1.29 is 9.59 Å². The number of amides is 3. The van der Waals surface area contributed by atoms with E-state index in [1.165, 1.54) is 0 Å². The molecule has 98 valence electrons. The topological polar surface area (TPSA) is 75.4 Å². The van der Waals surface area contributed by atoms with Crippen molar-refractivity contribution in [2.45, 2.75) is 39.7 Å². The largest absolute Gasteiger partial charge is 0.368 e. The Labute approximate surface area is 103 Å². The predicted molar refractivity (Wildman–Crippen MR) is 66.3 cm³/mol. The minimum Gasteiger partial charge on any atom is -0.368 e. The van der Waals surface area contributed by atoms with E-state index < -0.39 is 11.9 Å². The Balaban J connectivity index is 2.54. The Kier molecular flexibility index (Phi) is 4.78. The zero-order chi connectivity index (χ0) is 13.0. The number of nitrogens with two attached hydrogens (primary N) is 1. The predicted octanol–water partition coefficient (Wildman–Crippen LogP) is 0.938. The van der Waals surface area contributed by atoms with E-state index in [9.17, 15) is 9.59 Å². The first kappa shape index (κ1) is 13.8. The Morgan fingerprint density at radius 3 is 2.53 bits per heavy atom. The maximum atomic E-state index is 12.0. The highest BCUT2D eigenvalue weighted by molar-refractivity contribution is 5.86. The summed E-state index contributed by atoms with van der Waals surface area (Å²) in [7, 11) is 0. The number of rotatable bonds is 3. The fourth-order valence-electron chi connectivity index (χ4n) is 2.16. The van der Waals surface area contributed by atoms with Crippen LogP contribution in [0, 0.1) is 11.8 Å². The Morgan fingerprint density at radius 2 is 2.06 bits per heavy atom. The van der Waals surface area contributed by atoms with Crippen molar-refractivity contribution >= 4 is 11.9 Å². The van der Waals surface area contributed by atoms with Crippen molar-refractivity contribution in [2.75, 3.05) is 13.1 Å². The molecular weight excluding hydrogens is 218 g/mol. The van der Waals surface area contributed by atoms with Gasteiger partial charge in [-0.2, -0.15) is 0 Å². The van der Waals surface area contributed by atoms with Crippen LogP contribution in [0.5, 0.6) is 0 Å². The molecule has 5 heteroatoms. The van der Waals surface area contributed by atoms with Gasteiger partial charge in [-0.1, -0.05) is 20.8 Å². The maximum absolute atomic E-state index is 12.0. The third kappa shape index (κ3) is 3.91. The SMILES string of the molecule is CC1CCCN(C(=O)NC(C(N)=O)C(C)C)C1. The standard InChI is InChI=1S/C12H23N3O2/c1-8(2)10(11(13)16)14-12(17)15-6-4-5-9(3)7-15/h8-10H,4-7H2,1-3H3,(H2,13,16)(H,14,17). The fourth-order valence-corrected chi connectivity index (χ4v) is 2.16. The van der Waals surface area contributed by atoms with Gasteiger partial charge in [0.25, 0.3) is 0 Å². The minimum atomic E-state index is -0.584. The molecule has 1 aliphatic heterocycles. The highest BCUT2D eigenvalue weighted by Gasteiger charge is 2.26. The van der Waals surface area contributed by atoms with E-state index in [1.54, 1.807) is 4.90 Å². The lowest BCUT2D eigenvalue weighted by Crippen LogP contribution is -2.53. The number of nitrogens with zero attached hydrogens (tertiary/aromatic N) is 1. The van der Waals surface area contributed by atoms with Crippen molar-refractivity contribution in [1.29, 1.82) is 0 Å². The number of urea groups is 1. The van der Waals surface area contributed by atoms with E-state index >= 15 is 0 Å². The molecule has 0 radical (unpaired) electrons. The molecule has 3 N–H and O–H groups in total. The second kappa shape index (κ2) is 5.89. The highest BCUT2D eigenvalue weighted by Crippen LogP contribution is 2.15. The molecule has 5 nitrogen and oxygen atoms in total. The summed E-state index contributed by atoms with van der Waals surface area (Å²) in [5.74, 6) is 0.0673. The Bertz CT molecular complexity index is 291. The molecule has 1 rings (SSSR count). The molecule has 1 fully saturated rings.